The molecule has 4 amide bonds. The molecule has 2 aromatic heterocycles. The van der Waals surface area contributed by atoms with Crippen LogP contribution in [0.3, 0.4) is 0 Å². The lowest BCUT2D eigenvalue weighted by atomic mass is 9.64. The minimum atomic E-state index is -0.933. The Labute approximate surface area is 198 Å². The Morgan fingerprint density at radius 3 is 2.59 bits per heavy atom. The lowest BCUT2D eigenvalue weighted by molar-refractivity contribution is -0.136. The van der Waals surface area contributed by atoms with Crippen molar-refractivity contribution in [3.05, 3.63) is 54.7 Å². The van der Waals surface area contributed by atoms with Crippen molar-refractivity contribution in [3.63, 3.8) is 0 Å². The van der Waals surface area contributed by atoms with Crippen molar-refractivity contribution in [3.8, 4) is 11.3 Å². The monoisotopic (exact) mass is 459 g/mol. The van der Waals surface area contributed by atoms with E-state index in [4.69, 9.17) is 0 Å². The van der Waals surface area contributed by atoms with Gasteiger partial charge in [0.05, 0.1) is 0 Å². The summed E-state index contributed by atoms with van der Waals surface area (Å²) in [6.07, 6.45) is 3.97. The van der Waals surface area contributed by atoms with Crippen LogP contribution >= 0.6 is 0 Å². The number of hydrogen-bond donors (Lipinski definition) is 2. The van der Waals surface area contributed by atoms with Gasteiger partial charge in [0.2, 0.25) is 5.91 Å². The first-order valence-electron chi connectivity index (χ1n) is 11.6. The first kappa shape index (κ1) is 22.1. The van der Waals surface area contributed by atoms with Crippen molar-refractivity contribution < 1.29 is 14.4 Å². The number of hydrogen-bond acceptors (Lipinski definition) is 4. The maximum absolute atomic E-state index is 13.4. The molecule has 2 fully saturated rings. The number of benzene rings is 1. The summed E-state index contributed by atoms with van der Waals surface area (Å²) < 4.78 is 1.79. The van der Waals surface area contributed by atoms with Gasteiger partial charge in [-0.3, -0.25) is 18.9 Å². The van der Waals surface area contributed by atoms with Crippen molar-refractivity contribution >= 4 is 29.3 Å². The highest BCUT2D eigenvalue weighted by atomic mass is 16.2. The van der Waals surface area contributed by atoms with Crippen LogP contribution < -0.4 is 10.6 Å². The van der Waals surface area contributed by atoms with Crippen LogP contribution in [-0.4, -0.2) is 44.2 Å². The average molecular weight is 460 g/mol. The summed E-state index contributed by atoms with van der Waals surface area (Å²) in [5.41, 5.74) is 1.16. The number of fused-ring (bicyclic) bond motifs is 1. The molecule has 1 saturated carbocycles. The molecule has 1 saturated heterocycles. The van der Waals surface area contributed by atoms with Crippen LogP contribution in [0.4, 0.5) is 10.6 Å². The first-order valence-corrected chi connectivity index (χ1v) is 11.6. The van der Waals surface area contributed by atoms with E-state index >= 15 is 0 Å². The molecule has 176 valence electrons. The number of carbonyl (C=O) groups is 3. The Hall–Kier alpha value is -3.68. The minimum absolute atomic E-state index is 0.0695. The lowest BCUT2D eigenvalue weighted by Crippen LogP contribution is -2.54. The summed E-state index contributed by atoms with van der Waals surface area (Å²) >= 11 is 0. The van der Waals surface area contributed by atoms with Gasteiger partial charge >= 0.3 is 6.03 Å². The molecule has 5 rings (SSSR count). The lowest BCUT2D eigenvalue weighted by Gasteiger charge is -2.43. The summed E-state index contributed by atoms with van der Waals surface area (Å²) in [6.45, 7) is 5.99. The molecule has 3 aromatic rings. The fourth-order valence-electron chi connectivity index (χ4n) is 5.88. The van der Waals surface area contributed by atoms with E-state index in [0.29, 0.717) is 35.9 Å². The van der Waals surface area contributed by atoms with Gasteiger partial charge in [-0.15, -0.1) is 0 Å². The van der Waals surface area contributed by atoms with E-state index in [9.17, 15) is 14.4 Å². The number of urea groups is 1. The smallest absolute Gasteiger partial charge is 0.323 e. The van der Waals surface area contributed by atoms with Crippen LogP contribution in [0.5, 0.6) is 0 Å². The number of imide groups is 1. The fourth-order valence-corrected chi connectivity index (χ4v) is 5.88. The third-order valence-corrected chi connectivity index (χ3v) is 6.76. The van der Waals surface area contributed by atoms with Gasteiger partial charge < -0.3 is 10.6 Å². The maximum Gasteiger partial charge on any atom is 0.325 e. The van der Waals surface area contributed by atoms with E-state index in [-0.39, 0.29) is 17.9 Å². The van der Waals surface area contributed by atoms with Crippen molar-refractivity contribution in [2.45, 2.75) is 45.6 Å². The topological polar surface area (TPSA) is 95.8 Å². The molecule has 2 N–H and O–H groups in total. The summed E-state index contributed by atoms with van der Waals surface area (Å²) in [5, 5.41) is 5.83. The quantitative estimate of drug-likeness (QED) is 0.575. The van der Waals surface area contributed by atoms with Gasteiger partial charge in [0, 0.05) is 11.8 Å². The molecule has 1 aromatic carbocycles. The number of imidazole rings is 1. The molecule has 8 heteroatoms. The Balaban J connectivity index is 1.40. The molecule has 1 spiro atoms. The third kappa shape index (κ3) is 3.83. The summed E-state index contributed by atoms with van der Waals surface area (Å²) in [4.78, 5) is 45.1. The maximum atomic E-state index is 13.4. The third-order valence-electron chi connectivity index (χ3n) is 6.76. The molecule has 8 nitrogen and oxygen atoms in total. The summed E-state index contributed by atoms with van der Waals surface area (Å²) in [7, 11) is 0. The highest BCUT2D eigenvalue weighted by molar-refractivity contribution is 6.10. The van der Waals surface area contributed by atoms with Gasteiger partial charge in [-0.05, 0) is 42.7 Å². The minimum Gasteiger partial charge on any atom is -0.323 e. The van der Waals surface area contributed by atoms with E-state index in [0.717, 1.165) is 16.9 Å². The van der Waals surface area contributed by atoms with Crippen molar-refractivity contribution in [2.75, 3.05) is 11.9 Å². The second kappa shape index (κ2) is 7.97. The predicted molar refractivity (Wildman–Crippen MR) is 129 cm³/mol. The number of anilines is 1. The zero-order chi connectivity index (χ0) is 24.1. The van der Waals surface area contributed by atoms with Crippen LogP contribution in [0.2, 0.25) is 0 Å². The zero-order valence-electron chi connectivity index (χ0n) is 19.7. The van der Waals surface area contributed by atoms with Gasteiger partial charge in [-0.25, -0.2) is 9.78 Å². The summed E-state index contributed by atoms with van der Waals surface area (Å²) in [5.74, 6) is 0.0366. The number of carbonyl (C=O) groups excluding carboxylic acids is 3. The Bertz CT molecular complexity index is 1280. The number of nitrogens with one attached hydrogen (secondary N) is 2. The molecule has 0 radical (unpaired) electrons. The fraction of sp³-hybridized carbons (Fsp3) is 0.385. The van der Waals surface area contributed by atoms with Crippen molar-refractivity contribution in [2.24, 2.45) is 11.3 Å². The van der Waals surface area contributed by atoms with E-state index in [2.05, 4.69) is 36.4 Å². The molecular weight excluding hydrogens is 430 g/mol. The van der Waals surface area contributed by atoms with Crippen molar-refractivity contribution in [1.82, 2.24) is 19.6 Å². The molecule has 2 aliphatic rings. The Morgan fingerprint density at radius 1 is 1.12 bits per heavy atom. The molecule has 1 aliphatic carbocycles. The molecule has 3 heterocycles. The van der Waals surface area contributed by atoms with Gasteiger partial charge in [-0.1, -0.05) is 57.2 Å². The van der Waals surface area contributed by atoms with E-state index in [1.54, 1.807) is 4.40 Å². The zero-order valence-corrected chi connectivity index (χ0v) is 19.7. The Kier molecular flexibility index (Phi) is 5.19. The van der Waals surface area contributed by atoms with Crippen LogP contribution in [0.1, 0.15) is 40.0 Å². The summed E-state index contributed by atoms with van der Waals surface area (Å²) in [6, 6.07) is 14.7. The molecule has 2 unspecified atom stereocenters. The van der Waals surface area contributed by atoms with Crippen LogP contribution in [0.15, 0.2) is 54.7 Å². The largest absolute Gasteiger partial charge is 0.325 e. The molecule has 1 aliphatic heterocycles. The second-order valence-corrected chi connectivity index (χ2v) is 10.4. The van der Waals surface area contributed by atoms with Gasteiger partial charge in [0.15, 0.2) is 0 Å². The standard InChI is InChI=1S/C26H29N5O3/c1-17-13-25(2,3)16-26(14-17)23(33)31(24(34)29-26)15-20(32)28-22-21(18-9-5-4-6-10-18)27-19-11-7-8-12-30(19)22/h4-12,17H,13-16H2,1-3H3,(H,28,32)(H,29,34). The van der Waals surface area contributed by atoms with Crippen molar-refractivity contribution in [1.29, 1.82) is 0 Å². The van der Waals surface area contributed by atoms with Gasteiger partial charge in [0.1, 0.15) is 29.2 Å². The predicted octanol–water partition coefficient (Wildman–Crippen LogP) is 4.08. The van der Waals surface area contributed by atoms with E-state index < -0.39 is 17.5 Å². The van der Waals surface area contributed by atoms with Crippen LogP contribution in [-0.2, 0) is 9.59 Å². The van der Waals surface area contributed by atoms with E-state index in [1.165, 1.54) is 0 Å². The van der Waals surface area contributed by atoms with Crippen LogP contribution in [0.25, 0.3) is 16.9 Å². The highest BCUT2D eigenvalue weighted by Gasteiger charge is 2.56. The number of rotatable bonds is 4. The normalized spacial score (nSPS) is 24.0. The molecular formula is C26H29N5O3. The van der Waals surface area contributed by atoms with Crippen LogP contribution in [0, 0.1) is 11.3 Å². The average Bonchev–Trinajstić information content (AvgIpc) is 3.23. The molecule has 0 bridgehead atoms. The second-order valence-electron chi connectivity index (χ2n) is 10.4. The highest BCUT2D eigenvalue weighted by Crippen LogP contribution is 2.46. The van der Waals surface area contributed by atoms with E-state index in [1.807, 2.05) is 54.7 Å². The SMILES string of the molecule is CC1CC(C)(C)CC2(C1)NC(=O)N(CC(=O)Nc1c(-c3ccccc3)nc3ccccn13)C2=O. The first-order chi connectivity index (χ1) is 16.2. The van der Waals surface area contributed by atoms with Gasteiger partial charge in [-0.2, -0.15) is 0 Å². The van der Waals surface area contributed by atoms with Gasteiger partial charge in [0.25, 0.3) is 5.91 Å². The Morgan fingerprint density at radius 2 is 1.85 bits per heavy atom. The molecule has 2 atom stereocenters. The number of nitrogens with zero attached hydrogens (tertiary/aromatic N) is 3. The number of amides is 4. The number of aromatic nitrogens is 2. The number of pyridine rings is 1. The molecule has 34 heavy (non-hydrogen) atoms.